The zero-order valence-electron chi connectivity index (χ0n) is 15.6. The second-order valence-corrected chi connectivity index (χ2v) is 6.08. The first-order chi connectivity index (χ1) is 12.9. The molecule has 0 aliphatic heterocycles. The van der Waals surface area contributed by atoms with Crippen molar-refractivity contribution in [2.24, 2.45) is 0 Å². The van der Waals surface area contributed by atoms with Crippen molar-refractivity contribution in [3.8, 4) is 11.4 Å². The minimum atomic E-state index is -0.594. The number of ether oxygens (including phenoxy) is 2. The van der Waals surface area contributed by atoms with Crippen molar-refractivity contribution < 1.29 is 19.2 Å². The molecule has 1 heterocycles. The van der Waals surface area contributed by atoms with E-state index in [1.54, 1.807) is 26.8 Å². The van der Waals surface area contributed by atoms with E-state index in [0.717, 1.165) is 5.69 Å². The number of methoxy groups -OCH3 is 1. The van der Waals surface area contributed by atoms with Gasteiger partial charge in [0.15, 0.2) is 0 Å². The average molecular weight is 368 g/mol. The molecule has 0 unspecified atom stereocenters. The SMILES string of the molecule is CCOC(=O)c1c(C)n(-c2ccccc2)c2cc(C)c(OC)c([N+](=O)[O-])c12. The van der Waals surface area contributed by atoms with Crippen LogP contribution >= 0.6 is 0 Å². The molecule has 0 saturated heterocycles. The third-order valence-electron chi connectivity index (χ3n) is 4.49. The lowest BCUT2D eigenvalue weighted by atomic mass is 10.1. The van der Waals surface area contributed by atoms with Gasteiger partial charge in [-0.15, -0.1) is 0 Å². The summed E-state index contributed by atoms with van der Waals surface area (Å²) in [7, 11) is 1.38. The Morgan fingerprint density at radius 3 is 2.44 bits per heavy atom. The number of hydrogen-bond donors (Lipinski definition) is 0. The van der Waals surface area contributed by atoms with Crippen LogP contribution in [-0.2, 0) is 4.74 Å². The van der Waals surface area contributed by atoms with Gasteiger partial charge in [-0.3, -0.25) is 10.1 Å². The molecule has 3 aromatic rings. The first-order valence-electron chi connectivity index (χ1n) is 8.51. The number of esters is 1. The fraction of sp³-hybridized carbons (Fsp3) is 0.250. The highest BCUT2D eigenvalue weighted by Gasteiger charge is 2.32. The predicted molar refractivity (Wildman–Crippen MR) is 102 cm³/mol. The summed E-state index contributed by atoms with van der Waals surface area (Å²) in [5.41, 5.74) is 2.50. The van der Waals surface area contributed by atoms with E-state index < -0.39 is 10.9 Å². The van der Waals surface area contributed by atoms with Gasteiger partial charge in [0.1, 0.15) is 0 Å². The van der Waals surface area contributed by atoms with Crippen LogP contribution in [0.3, 0.4) is 0 Å². The molecule has 0 radical (unpaired) electrons. The summed E-state index contributed by atoms with van der Waals surface area (Å²) in [6.07, 6.45) is 0. The van der Waals surface area contributed by atoms with Gasteiger partial charge in [-0.05, 0) is 39.0 Å². The molecule has 0 atom stereocenters. The number of carbonyl (C=O) groups excluding carboxylic acids is 1. The molecule has 0 aliphatic rings. The number of carbonyl (C=O) groups is 1. The fourth-order valence-corrected chi connectivity index (χ4v) is 3.46. The Morgan fingerprint density at radius 1 is 1.22 bits per heavy atom. The van der Waals surface area contributed by atoms with Crippen molar-refractivity contribution in [1.82, 2.24) is 4.57 Å². The van der Waals surface area contributed by atoms with Gasteiger partial charge in [0.2, 0.25) is 5.75 Å². The van der Waals surface area contributed by atoms with Crippen LogP contribution in [0.4, 0.5) is 5.69 Å². The Bertz CT molecular complexity index is 1040. The van der Waals surface area contributed by atoms with Crippen LogP contribution in [0.25, 0.3) is 16.6 Å². The number of para-hydroxylation sites is 1. The minimum absolute atomic E-state index is 0.142. The Hall–Kier alpha value is -3.35. The standard InChI is InChI=1S/C20H20N2O5/c1-5-27-20(23)16-13(3)21(14-9-7-6-8-10-14)15-11-12(2)19(26-4)18(17(15)16)22(24)25/h6-11H,5H2,1-4H3. The zero-order valence-corrected chi connectivity index (χ0v) is 15.6. The number of aryl methyl sites for hydroxylation is 1. The van der Waals surface area contributed by atoms with Crippen molar-refractivity contribution in [1.29, 1.82) is 0 Å². The van der Waals surface area contributed by atoms with Crippen molar-refractivity contribution in [3.63, 3.8) is 0 Å². The van der Waals surface area contributed by atoms with E-state index in [-0.39, 0.29) is 29.0 Å². The van der Waals surface area contributed by atoms with Gasteiger partial charge in [-0.1, -0.05) is 18.2 Å². The monoisotopic (exact) mass is 368 g/mol. The third-order valence-corrected chi connectivity index (χ3v) is 4.49. The lowest BCUT2D eigenvalue weighted by molar-refractivity contribution is -0.384. The van der Waals surface area contributed by atoms with Crippen LogP contribution in [0.1, 0.15) is 28.5 Å². The van der Waals surface area contributed by atoms with Crippen molar-refractivity contribution in [3.05, 3.63) is 63.3 Å². The Balaban J connectivity index is 2.54. The number of fused-ring (bicyclic) bond motifs is 1. The smallest absolute Gasteiger partial charge is 0.340 e. The summed E-state index contributed by atoms with van der Waals surface area (Å²) in [5, 5.41) is 12.1. The molecule has 3 rings (SSSR count). The molecule has 0 aliphatic carbocycles. The van der Waals surface area contributed by atoms with Crippen molar-refractivity contribution in [2.45, 2.75) is 20.8 Å². The maximum Gasteiger partial charge on any atom is 0.340 e. The van der Waals surface area contributed by atoms with Crippen LogP contribution in [0.2, 0.25) is 0 Å². The quantitative estimate of drug-likeness (QED) is 0.380. The van der Waals surface area contributed by atoms with Crippen molar-refractivity contribution in [2.75, 3.05) is 13.7 Å². The maximum atomic E-state index is 12.7. The highest BCUT2D eigenvalue weighted by molar-refractivity contribution is 6.11. The first-order valence-corrected chi connectivity index (χ1v) is 8.51. The van der Waals surface area contributed by atoms with Crippen LogP contribution in [0.15, 0.2) is 36.4 Å². The molecule has 0 fully saturated rings. The molecule has 0 bridgehead atoms. The topological polar surface area (TPSA) is 83.6 Å². The van der Waals surface area contributed by atoms with Gasteiger partial charge >= 0.3 is 11.7 Å². The van der Waals surface area contributed by atoms with E-state index >= 15 is 0 Å². The molecule has 140 valence electrons. The molecule has 1 aromatic heterocycles. The Morgan fingerprint density at radius 2 is 1.89 bits per heavy atom. The lowest BCUT2D eigenvalue weighted by Crippen LogP contribution is -2.07. The maximum absolute atomic E-state index is 12.7. The largest absolute Gasteiger partial charge is 0.490 e. The first kappa shape index (κ1) is 18.4. The second-order valence-electron chi connectivity index (χ2n) is 6.08. The van der Waals surface area contributed by atoms with Gasteiger partial charge in [0, 0.05) is 16.9 Å². The molecule has 0 amide bonds. The average Bonchev–Trinajstić information content (AvgIpc) is 2.92. The molecular weight excluding hydrogens is 348 g/mol. The Labute approximate surface area is 156 Å². The zero-order chi connectivity index (χ0) is 19.7. The highest BCUT2D eigenvalue weighted by Crippen LogP contribution is 2.43. The molecule has 27 heavy (non-hydrogen) atoms. The summed E-state index contributed by atoms with van der Waals surface area (Å²) in [5.74, 6) is -0.452. The van der Waals surface area contributed by atoms with Gasteiger partial charge < -0.3 is 14.0 Å². The number of hydrogen-bond acceptors (Lipinski definition) is 5. The summed E-state index contributed by atoms with van der Waals surface area (Å²) >= 11 is 0. The van der Waals surface area contributed by atoms with E-state index in [9.17, 15) is 14.9 Å². The van der Waals surface area contributed by atoms with Gasteiger partial charge in [-0.2, -0.15) is 0 Å². The van der Waals surface area contributed by atoms with Crippen LogP contribution < -0.4 is 4.74 Å². The van der Waals surface area contributed by atoms with Gasteiger partial charge in [0.25, 0.3) is 0 Å². The van der Waals surface area contributed by atoms with Crippen molar-refractivity contribution >= 4 is 22.6 Å². The highest BCUT2D eigenvalue weighted by atomic mass is 16.6. The van der Waals surface area contributed by atoms with Crippen LogP contribution in [0, 0.1) is 24.0 Å². The number of aromatic nitrogens is 1. The second kappa shape index (κ2) is 7.11. The third kappa shape index (κ3) is 2.91. The molecule has 0 spiro atoms. The summed E-state index contributed by atoms with van der Waals surface area (Å²) in [6, 6.07) is 11.2. The normalized spacial score (nSPS) is 10.8. The summed E-state index contributed by atoms with van der Waals surface area (Å²) in [6.45, 7) is 5.37. The fourth-order valence-electron chi connectivity index (χ4n) is 3.46. The number of nitrogens with zero attached hydrogens (tertiary/aromatic N) is 2. The summed E-state index contributed by atoms with van der Waals surface area (Å²) < 4.78 is 12.3. The molecule has 0 N–H and O–H groups in total. The van der Waals surface area contributed by atoms with Crippen LogP contribution in [0.5, 0.6) is 5.75 Å². The van der Waals surface area contributed by atoms with E-state index in [4.69, 9.17) is 9.47 Å². The number of nitro benzene ring substituents is 1. The van der Waals surface area contributed by atoms with Gasteiger partial charge in [0.05, 0.1) is 35.1 Å². The molecule has 7 heteroatoms. The summed E-state index contributed by atoms with van der Waals surface area (Å²) in [4.78, 5) is 24.1. The molecular formula is C20H20N2O5. The Kier molecular flexibility index (Phi) is 4.85. The number of benzene rings is 2. The minimum Gasteiger partial charge on any atom is -0.490 e. The van der Waals surface area contributed by atoms with E-state index in [0.29, 0.717) is 16.8 Å². The molecule has 2 aromatic carbocycles. The van der Waals surface area contributed by atoms with Gasteiger partial charge in [-0.25, -0.2) is 4.79 Å². The van der Waals surface area contributed by atoms with Crippen LogP contribution in [-0.4, -0.2) is 29.2 Å². The molecule has 7 nitrogen and oxygen atoms in total. The van der Waals surface area contributed by atoms with E-state index in [1.807, 2.05) is 34.9 Å². The van der Waals surface area contributed by atoms with E-state index in [1.165, 1.54) is 7.11 Å². The number of rotatable bonds is 5. The number of nitro groups is 1. The predicted octanol–water partition coefficient (Wildman–Crippen LogP) is 4.34. The molecule has 0 saturated carbocycles. The van der Waals surface area contributed by atoms with E-state index in [2.05, 4.69) is 0 Å². The lowest BCUT2D eigenvalue weighted by Gasteiger charge is -2.10.